The molecule has 0 amide bonds. The molecule has 1 aliphatic carbocycles. The molecule has 1 N–H and O–H groups in total. The number of ether oxygens (including phenoxy) is 2. The van der Waals surface area contributed by atoms with Gasteiger partial charge < -0.3 is 19.7 Å². The van der Waals surface area contributed by atoms with Crippen molar-refractivity contribution in [2.75, 3.05) is 38.7 Å². The van der Waals surface area contributed by atoms with E-state index in [1.807, 2.05) is 19.9 Å². The van der Waals surface area contributed by atoms with Crippen LogP contribution < -0.4 is 14.8 Å². The highest BCUT2D eigenvalue weighted by Crippen LogP contribution is 2.39. The Kier molecular flexibility index (Phi) is 6.98. The van der Waals surface area contributed by atoms with Crippen LogP contribution in [0, 0.1) is 0 Å². The highest BCUT2D eigenvalue weighted by atomic mass is 35.5. The molecule has 6 heteroatoms. The number of rotatable bonds is 8. The molecule has 29 heavy (non-hydrogen) atoms. The van der Waals surface area contributed by atoms with E-state index in [1.165, 1.54) is 37.1 Å². The Bertz CT molecular complexity index is 879. The number of anilines is 1. The van der Waals surface area contributed by atoms with E-state index < -0.39 is 6.02 Å². The number of methoxy groups -OCH3 is 1. The van der Waals surface area contributed by atoms with Gasteiger partial charge in [-0.3, -0.25) is 0 Å². The number of nitrogens with zero attached hydrogens (tertiary/aromatic N) is 2. The Morgan fingerprint density at radius 1 is 1.14 bits per heavy atom. The summed E-state index contributed by atoms with van der Waals surface area (Å²) in [5, 5.41) is 4.43. The second-order valence-corrected chi connectivity index (χ2v) is 8.17. The van der Waals surface area contributed by atoms with Gasteiger partial charge in [0.1, 0.15) is 5.82 Å². The second-order valence-electron chi connectivity index (χ2n) is 8.17. The van der Waals surface area contributed by atoms with Crippen LogP contribution in [0.3, 0.4) is 0 Å². The number of likely N-dealkylation sites (tertiary alicyclic amines) is 1. The average Bonchev–Trinajstić information content (AvgIpc) is 3.35. The summed E-state index contributed by atoms with van der Waals surface area (Å²) in [6.45, 7) is 7.90. The summed E-state index contributed by atoms with van der Waals surface area (Å²) in [7, 11) is 1.70. The van der Waals surface area contributed by atoms with Gasteiger partial charge in [0.25, 0.3) is 0 Å². The van der Waals surface area contributed by atoms with E-state index in [9.17, 15) is 0 Å². The summed E-state index contributed by atoms with van der Waals surface area (Å²) < 4.78 is 20.0. The Balaban J connectivity index is 0.00000256. The quantitative estimate of drug-likeness (QED) is 0.619. The molecule has 1 saturated heterocycles. The molecule has 0 radical (unpaired) electrons. The number of aryl methyl sites for hydroxylation is 1. The molecule has 0 atom stereocenters. The minimum atomic E-state index is -0.765. The molecule has 1 aromatic carbocycles. The monoisotopic (exact) mass is 420 g/mol. The lowest BCUT2D eigenvalue weighted by atomic mass is 10.0. The molecule has 0 saturated carbocycles. The summed E-state index contributed by atoms with van der Waals surface area (Å²) >= 11 is 0. The van der Waals surface area contributed by atoms with Gasteiger partial charge in [-0.15, -0.1) is 12.4 Å². The van der Waals surface area contributed by atoms with Crippen molar-refractivity contribution in [2.45, 2.75) is 58.4 Å². The third kappa shape index (κ3) is 4.89. The van der Waals surface area contributed by atoms with Crippen molar-refractivity contribution in [1.29, 1.82) is 0 Å². The number of nitrogens with one attached hydrogen (secondary N) is 1. The fraction of sp³-hybridized carbons (Fsp3) is 0.609. The minimum Gasteiger partial charge on any atom is -0.493 e. The normalized spacial score (nSPS) is 17.0. The molecular weight excluding hydrogens is 386 g/mol. The zero-order chi connectivity index (χ0) is 20.4. The van der Waals surface area contributed by atoms with Crippen LogP contribution in [0.15, 0.2) is 12.1 Å². The summed E-state index contributed by atoms with van der Waals surface area (Å²) in [6.07, 6.45) is 6.83. The lowest BCUT2D eigenvalue weighted by Gasteiger charge is -2.18. The van der Waals surface area contributed by atoms with Crippen molar-refractivity contribution >= 4 is 29.1 Å². The van der Waals surface area contributed by atoms with Gasteiger partial charge >= 0.3 is 0 Å². The van der Waals surface area contributed by atoms with Crippen molar-refractivity contribution < 1.29 is 10.8 Å². The maximum Gasteiger partial charge on any atom is 0.163 e. The third-order valence-corrected chi connectivity index (χ3v) is 5.79. The third-order valence-electron chi connectivity index (χ3n) is 5.79. The zero-order valence-corrected chi connectivity index (χ0v) is 18.7. The van der Waals surface area contributed by atoms with Crippen LogP contribution in [0.1, 0.15) is 52.0 Å². The number of benzene rings is 1. The maximum atomic E-state index is 8.23. The van der Waals surface area contributed by atoms with Gasteiger partial charge in [-0.2, -0.15) is 0 Å². The summed E-state index contributed by atoms with van der Waals surface area (Å²) in [5.41, 5.74) is 3.49. The molecule has 2 heterocycles. The summed E-state index contributed by atoms with van der Waals surface area (Å²) in [6, 6.07) is 3.32. The topological polar surface area (TPSA) is 46.6 Å². The fourth-order valence-electron chi connectivity index (χ4n) is 4.46. The molecule has 160 valence electrons. The first-order valence-corrected chi connectivity index (χ1v) is 10.6. The van der Waals surface area contributed by atoms with Crippen molar-refractivity contribution in [1.82, 2.24) is 9.88 Å². The molecule has 0 bridgehead atoms. The van der Waals surface area contributed by atoms with Crippen LogP contribution in [0.25, 0.3) is 10.9 Å². The minimum absolute atomic E-state index is 0. The van der Waals surface area contributed by atoms with Crippen LogP contribution >= 0.6 is 12.4 Å². The van der Waals surface area contributed by atoms with Crippen LogP contribution in [-0.2, 0) is 12.8 Å². The first-order chi connectivity index (χ1) is 13.9. The second kappa shape index (κ2) is 9.86. The van der Waals surface area contributed by atoms with Crippen molar-refractivity contribution in [3.05, 3.63) is 23.3 Å². The van der Waals surface area contributed by atoms with E-state index >= 15 is 0 Å². The SMILES string of the molecule is Cl.[2H]C(C)(C)Nc1nc2cc(OCCCN3CCCC3)c(OC)cc2c2c1CCC2. The first kappa shape index (κ1) is 20.5. The van der Waals surface area contributed by atoms with Crippen LogP contribution in [0.2, 0.25) is 0 Å². The van der Waals surface area contributed by atoms with Crippen LogP contribution in [0.5, 0.6) is 11.5 Å². The Morgan fingerprint density at radius 3 is 2.62 bits per heavy atom. The fourth-order valence-corrected chi connectivity index (χ4v) is 4.46. The zero-order valence-electron chi connectivity index (χ0n) is 18.8. The van der Waals surface area contributed by atoms with E-state index in [1.54, 1.807) is 7.11 Å². The predicted octanol–water partition coefficient (Wildman–Crippen LogP) is 4.84. The number of pyridine rings is 1. The molecule has 5 nitrogen and oxygen atoms in total. The van der Waals surface area contributed by atoms with Gasteiger partial charge in [0.15, 0.2) is 11.5 Å². The van der Waals surface area contributed by atoms with E-state index in [-0.39, 0.29) is 12.4 Å². The summed E-state index contributed by atoms with van der Waals surface area (Å²) in [5.74, 6) is 2.37. The largest absolute Gasteiger partial charge is 0.493 e. The molecule has 1 aromatic heterocycles. The standard InChI is InChI=1S/C23H33N3O2.ClH/c1-16(2)24-23-18-9-6-8-17(18)19-14-21(27-3)22(15-20(19)25-23)28-13-7-12-26-10-4-5-11-26;/h14-16H,4-13H2,1-3H3,(H,24,25);1H/i16D;. The highest BCUT2D eigenvalue weighted by molar-refractivity contribution is 5.89. The molecular formula is C23H34ClN3O2. The number of halogens is 1. The molecule has 0 unspecified atom stereocenters. The predicted molar refractivity (Wildman–Crippen MR) is 122 cm³/mol. The molecule has 1 fully saturated rings. The number of hydrogen-bond donors (Lipinski definition) is 1. The highest BCUT2D eigenvalue weighted by Gasteiger charge is 2.22. The number of fused-ring (bicyclic) bond motifs is 3. The number of hydrogen-bond acceptors (Lipinski definition) is 5. The Morgan fingerprint density at radius 2 is 1.90 bits per heavy atom. The maximum absolute atomic E-state index is 8.23. The van der Waals surface area contributed by atoms with Gasteiger partial charge in [0.05, 0.1) is 20.6 Å². The molecule has 0 spiro atoms. The van der Waals surface area contributed by atoms with Gasteiger partial charge in [-0.1, -0.05) is 0 Å². The van der Waals surface area contributed by atoms with Gasteiger partial charge in [-0.05, 0) is 82.7 Å². The molecule has 2 aromatic rings. The van der Waals surface area contributed by atoms with Gasteiger partial charge in [0.2, 0.25) is 0 Å². The molecule has 2 aliphatic rings. The molecule has 1 aliphatic heterocycles. The van der Waals surface area contributed by atoms with Gasteiger partial charge in [0, 0.05) is 24.0 Å². The number of aromatic nitrogens is 1. The van der Waals surface area contributed by atoms with Crippen molar-refractivity contribution in [2.24, 2.45) is 0 Å². The Labute approximate surface area is 182 Å². The summed E-state index contributed by atoms with van der Waals surface area (Å²) in [4.78, 5) is 7.39. The van der Waals surface area contributed by atoms with Crippen LogP contribution in [0.4, 0.5) is 5.82 Å². The lowest BCUT2D eigenvalue weighted by Crippen LogP contribution is -2.21. The van der Waals surface area contributed by atoms with E-state index in [4.69, 9.17) is 15.8 Å². The van der Waals surface area contributed by atoms with Crippen molar-refractivity contribution in [3.8, 4) is 11.5 Å². The van der Waals surface area contributed by atoms with Gasteiger partial charge in [-0.25, -0.2) is 4.98 Å². The average molecular weight is 421 g/mol. The molecule has 4 rings (SSSR count). The first-order valence-electron chi connectivity index (χ1n) is 11.1. The Hall–Kier alpha value is -1.72. The van der Waals surface area contributed by atoms with E-state index in [0.717, 1.165) is 60.4 Å². The van der Waals surface area contributed by atoms with Crippen LogP contribution in [-0.4, -0.2) is 49.3 Å². The lowest BCUT2D eigenvalue weighted by molar-refractivity contribution is 0.254. The van der Waals surface area contributed by atoms with E-state index in [2.05, 4.69) is 16.3 Å². The van der Waals surface area contributed by atoms with E-state index in [0.29, 0.717) is 6.61 Å². The van der Waals surface area contributed by atoms with Crippen molar-refractivity contribution in [3.63, 3.8) is 0 Å². The smallest absolute Gasteiger partial charge is 0.163 e.